The van der Waals surface area contributed by atoms with Gasteiger partial charge in [-0.2, -0.15) is 10.2 Å². The van der Waals surface area contributed by atoms with Gasteiger partial charge in [-0.25, -0.2) is 0 Å². The second kappa shape index (κ2) is 9.12. The molecular formula is C20H24N4O3. The zero-order valence-corrected chi connectivity index (χ0v) is 15.4. The molecule has 0 atom stereocenters. The van der Waals surface area contributed by atoms with E-state index in [1.54, 1.807) is 19.2 Å². The third-order valence-electron chi connectivity index (χ3n) is 4.87. The lowest BCUT2D eigenvalue weighted by Gasteiger charge is -2.32. The van der Waals surface area contributed by atoms with Gasteiger partial charge in [0.25, 0.3) is 5.91 Å². The van der Waals surface area contributed by atoms with Crippen LogP contribution >= 0.6 is 0 Å². The predicted octanol–water partition coefficient (Wildman–Crippen LogP) is 2.76. The third kappa shape index (κ3) is 5.26. The highest BCUT2D eigenvalue weighted by atomic mass is 16.5. The quantitative estimate of drug-likeness (QED) is 0.847. The molecule has 1 saturated heterocycles. The maximum absolute atomic E-state index is 12.4. The number of carbonyl (C=O) groups excluding carboxylic acids is 2. The van der Waals surface area contributed by atoms with Crippen LogP contribution in [0.5, 0.6) is 5.75 Å². The van der Waals surface area contributed by atoms with E-state index in [-0.39, 0.29) is 11.8 Å². The van der Waals surface area contributed by atoms with E-state index >= 15 is 0 Å². The largest absolute Gasteiger partial charge is 0.497 e. The lowest BCUT2D eigenvalue weighted by Crippen LogP contribution is -2.38. The Morgan fingerprint density at radius 1 is 1.22 bits per heavy atom. The number of hydrogen-bond acceptors (Lipinski definition) is 5. The number of methoxy groups -OCH3 is 1. The molecule has 2 amide bonds. The number of carbonyl (C=O) groups is 2. The minimum absolute atomic E-state index is 0.000817. The van der Waals surface area contributed by atoms with Crippen molar-refractivity contribution in [2.24, 2.45) is 5.92 Å². The molecule has 2 aromatic rings. The van der Waals surface area contributed by atoms with Gasteiger partial charge < -0.3 is 15.0 Å². The summed E-state index contributed by atoms with van der Waals surface area (Å²) < 4.78 is 5.16. The van der Waals surface area contributed by atoms with Crippen LogP contribution in [0.2, 0.25) is 0 Å². The second-order valence-electron chi connectivity index (χ2n) is 6.69. The molecule has 27 heavy (non-hydrogen) atoms. The van der Waals surface area contributed by atoms with Crippen LogP contribution in [0.3, 0.4) is 0 Å². The van der Waals surface area contributed by atoms with Crippen molar-refractivity contribution in [3.8, 4) is 5.75 Å². The number of ether oxygens (including phenoxy) is 1. The van der Waals surface area contributed by atoms with Crippen LogP contribution in [0, 0.1) is 5.92 Å². The average molecular weight is 368 g/mol. The highest BCUT2D eigenvalue weighted by Crippen LogP contribution is 2.23. The Morgan fingerprint density at radius 2 is 2.04 bits per heavy atom. The monoisotopic (exact) mass is 368 g/mol. The summed E-state index contributed by atoms with van der Waals surface area (Å²) in [4.78, 5) is 26.4. The van der Waals surface area contributed by atoms with Gasteiger partial charge in [0.15, 0.2) is 0 Å². The van der Waals surface area contributed by atoms with E-state index in [1.165, 1.54) is 12.4 Å². The van der Waals surface area contributed by atoms with Crippen molar-refractivity contribution in [3.63, 3.8) is 0 Å². The van der Waals surface area contributed by atoms with E-state index in [4.69, 9.17) is 4.74 Å². The number of nitrogens with zero attached hydrogens (tertiary/aromatic N) is 3. The van der Waals surface area contributed by atoms with E-state index < -0.39 is 0 Å². The summed E-state index contributed by atoms with van der Waals surface area (Å²) in [5.74, 6) is 1.18. The Morgan fingerprint density at radius 3 is 2.74 bits per heavy atom. The fourth-order valence-corrected chi connectivity index (χ4v) is 3.28. The van der Waals surface area contributed by atoms with Gasteiger partial charge in [0.2, 0.25) is 5.91 Å². The highest BCUT2D eigenvalue weighted by molar-refractivity contribution is 5.93. The number of likely N-dealkylation sites (tertiary alicyclic amines) is 1. The summed E-state index contributed by atoms with van der Waals surface area (Å²) in [7, 11) is 1.60. The van der Waals surface area contributed by atoms with E-state index in [1.807, 2.05) is 23.1 Å². The maximum Gasteiger partial charge on any atom is 0.255 e. The molecule has 0 aliphatic carbocycles. The minimum atomic E-state index is -0.000817. The molecule has 142 valence electrons. The molecule has 2 heterocycles. The molecule has 0 saturated carbocycles. The molecular weight excluding hydrogens is 344 g/mol. The SMILES string of the molecule is COc1cccc(NC(=O)CCC2CCN(C(=O)c3ccnnc3)CC2)c1. The summed E-state index contributed by atoms with van der Waals surface area (Å²) in [6.45, 7) is 1.42. The van der Waals surface area contributed by atoms with Crippen LogP contribution in [-0.4, -0.2) is 47.1 Å². The molecule has 1 aliphatic rings. The predicted molar refractivity (Wildman–Crippen MR) is 102 cm³/mol. The molecule has 0 unspecified atom stereocenters. The first-order chi connectivity index (χ1) is 13.2. The van der Waals surface area contributed by atoms with E-state index in [9.17, 15) is 9.59 Å². The molecule has 0 spiro atoms. The Labute approximate surface area is 158 Å². The van der Waals surface area contributed by atoms with Gasteiger partial charge in [0, 0.05) is 31.3 Å². The van der Waals surface area contributed by atoms with Gasteiger partial charge in [-0.15, -0.1) is 0 Å². The lowest BCUT2D eigenvalue weighted by atomic mass is 9.91. The van der Waals surface area contributed by atoms with Gasteiger partial charge in [0.1, 0.15) is 5.75 Å². The Hall–Kier alpha value is -2.96. The van der Waals surface area contributed by atoms with Crippen LogP contribution in [-0.2, 0) is 4.79 Å². The van der Waals surface area contributed by atoms with Crippen LogP contribution in [0.15, 0.2) is 42.7 Å². The summed E-state index contributed by atoms with van der Waals surface area (Å²) >= 11 is 0. The van der Waals surface area contributed by atoms with Crippen molar-refractivity contribution in [1.82, 2.24) is 15.1 Å². The fourth-order valence-electron chi connectivity index (χ4n) is 3.28. The molecule has 1 aromatic carbocycles. The van der Waals surface area contributed by atoms with Crippen molar-refractivity contribution in [2.75, 3.05) is 25.5 Å². The van der Waals surface area contributed by atoms with Crippen LogP contribution in [0.25, 0.3) is 0 Å². The molecule has 3 rings (SSSR count). The zero-order chi connectivity index (χ0) is 19.1. The van der Waals surface area contributed by atoms with Gasteiger partial charge in [0.05, 0.1) is 25.1 Å². The number of piperidine rings is 1. The van der Waals surface area contributed by atoms with Gasteiger partial charge in [-0.05, 0) is 43.4 Å². The number of nitrogens with one attached hydrogen (secondary N) is 1. The molecule has 1 N–H and O–H groups in total. The van der Waals surface area contributed by atoms with Crippen molar-refractivity contribution in [1.29, 1.82) is 0 Å². The first-order valence-corrected chi connectivity index (χ1v) is 9.15. The van der Waals surface area contributed by atoms with Crippen molar-refractivity contribution >= 4 is 17.5 Å². The highest BCUT2D eigenvalue weighted by Gasteiger charge is 2.24. The second-order valence-corrected chi connectivity index (χ2v) is 6.69. The normalized spacial score (nSPS) is 14.6. The van der Waals surface area contributed by atoms with E-state index in [2.05, 4.69) is 15.5 Å². The maximum atomic E-state index is 12.4. The first kappa shape index (κ1) is 18.8. The standard InChI is InChI=1S/C20H24N4O3/c1-27-18-4-2-3-17(13-18)23-19(25)6-5-15-8-11-24(12-9-15)20(26)16-7-10-21-22-14-16/h2-4,7,10,13-15H,5-6,8-9,11-12H2,1H3,(H,23,25). The smallest absolute Gasteiger partial charge is 0.255 e. The van der Waals surface area contributed by atoms with Crippen molar-refractivity contribution in [2.45, 2.75) is 25.7 Å². The zero-order valence-electron chi connectivity index (χ0n) is 15.4. The van der Waals surface area contributed by atoms with Crippen LogP contribution in [0.4, 0.5) is 5.69 Å². The van der Waals surface area contributed by atoms with Crippen LogP contribution < -0.4 is 10.1 Å². The molecule has 7 nitrogen and oxygen atoms in total. The number of benzene rings is 1. The Bertz CT molecular complexity index is 774. The van der Waals surface area contributed by atoms with Crippen molar-refractivity contribution < 1.29 is 14.3 Å². The summed E-state index contributed by atoms with van der Waals surface area (Å²) in [6.07, 6.45) is 6.16. The van der Waals surface area contributed by atoms with Gasteiger partial charge in [-0.3, -0.25) is 9.59 Å². The fraction of sp³-hybridized carbons (Fsp3) is 0.400. The first-order valence-electron chi connectivity index (χ1n) is 9.15. The number of anilines is 1. The van der Waals surface area contributed by atoms with Gasteiger partial charge in [-0.1, -0.05) is 6.07 Å². The van der Waals surface area contributed by atoms with E-state index in [0.29, 0.717) is 36.7 Å². The minimum Gasteiger partial charge on any atom is -0.497 e. The molecule has 0 bridgehead atoms. The lowest BCUT2D eigenvalue weighted by molar-refractivity contribution is -0.116. The average Bonchev–Trinajstić information content (AvgIpc) is 2.73. The number of amides is 2. The Kier molecular flexibility index (Phi) is 6.35. The summed E-state index contributed by atoms with van der Waals surface area (Å²) in [6, 6.07) is 9.02. The number of hydrogen-bond donors (Lipinski definition) is 1. The topological polar surface area (TPSA) is 84.4 Å². The molecule has 1 aliphatic heterocycles. The van der Waals surface area contributed by atoms with Crippen molar-refractivity contribution in [3.05, 3.63) is 48.3 Å². The van der Waals surface area contributed by atoms with Crippen LogP contribution in [0.1, 0.15) is 36.0 Å². The molecule has 0 radical (unpaired) electrons. The number of aromatic nitrogens is 2. The molecule has 1 fully saturated rings. The third-order valence-corrected chi connectivity index (χ3v) is 4.87. The molecule has 7 heteroatoms. The number of rotatable bonds is 6. The Balaban J connectivity index is 1.41. The van der Waals surface area contributed by atoms with Gasteiger partial charge >= 0.3 is 0 Å². The summed E-state index contributed by atoms with van der Waals surface area (Å²) in [5.41, 5.74) is 1.31. The molecule has 1 aromatic heterocycles. The van der Waals surface area contributed by atoms with E-state index in [0.717, 1.165) is 24.9 Å². The summed E-state index contributed by atoms with van der Waals surface area (Å²) in [5, 5.41) is 10.4.